The number of hydrogen-bond donors (Lipinski definition) is 3. The molecule has 0 unspecified atom stereocenters. The van der Waals surface area contributed by atoms with Crippen molar-refractivity contribution in [2.45, 2.75) is 19.5 Å². The molecule has 0 aliphatic rings. The summed E-state index contributed by atoms with van der Waals surface area (Å²) < 4.78 is 51.9. The Hall–Kier alpha value is -7.43. The Labute approximate surface area is 319 Å². The molecule has 2 amide bonds. The van der Waals surface area contributed by atoms with Gasteiger partial charge in [0.15, 0.2) is 28.7 Å². The number of nitrogens with two attached hydrogens (primary N) is 1. The average molecular weight is 765 g/mol. The summed E-state index contributed by atoms with van der Waals surface area (Å²) in [6.45, 7) is 2.68. The number of anilines is 3. The summed E-state index contributed by atoms with van der Waals surface area (Å²) in [6, 6.07) is 21.6. The van der Waals surface area contributed by atoms with Crippen LogP contribution in [0.2, 0.25) is 0 Å². The van der Waals surface area contributed by atoms with Gasteiger partial charge in [-0.05, 0) is 50.2 Å². The molecule has 0 spiro atoms. The lowest BCUT2D eigenvalue weighted by molar-refractivity contribution is 0.205. The summed E-state index contributed by atoms with van der Waals surface area (Å²) in [5.41, 5.74) is 6.52. The lowest BCUT2D eigenvalue weighted by Gasteiger charge is -2.12. The van der Waals surface area contributed by atoms with E-state index in [1.54, 1.807) is 82.0 Å². The van der Waals surface area contributed by atoms with E-state index in [4.69, 9.17) is 38.7 Å². The van der Waals surface area contributed by atoms with E-state index >= 15 is 0 Å². The molecule has 0 aliphatic heterocycles. The molecule has 3 heterocycles. The number of urea groups is 1. The molecule has 0 aliphatic carbocycles. The van der Waals surface area contributed by atoms with Gasteiger partial charge in [-0.3, -0.25) is 5.32 Å². The first-order valence-electron chi connectivity index (χ1n) is 16.8. The van der Waals surface area contributed by atoms with E-state index in [1.807, 2.05) is 12.1 Å². The minimum Gasteiger partial charge on any atom is -0.493 e. The fraction of sp³-hybridized carbons (Fsp3) is 0.179. The van der Waals surface area contributed by atoms with Gasteiger partial charge in [0.25, 0.3) is 0 Å². The summed E-state index contributed by atoms with van der Waals surface area (Å²) in [7, 11) is 6.23. The Morgan fingerprint density at radius 1 is 0.679 bits per heavy atom. The van der Waals surface area contributed by atoms with Crippen LogP contribution in [0.5, 0.6) is 46.3 Å². The number of fused-ring (bicyclic) bond motifs is 2. The number of ether oxygens (including phenoxy) is 6. The van der Waals surface area contributed by atoms with E-state index in [1.165, 1.54) is 39.7 Å². The first-order chi connectivity index (χ1) is 27.0. The summed E-state index contributed by atoms with van der Waals surface area (Å²) >= 11 is 0. The standard InChI is InChI=1S/C23H22FN5O5.C16H15N3O3/c1-23(2,24)19-11-20(34-29-19)28-22(30)27-13-6-5-7-14(8-13)33-21-15-9-17(31-3)18(32-4)10-16(15)25-12-26-21;1-20-14-7-12-13(8-15(14)21-2)18-9-19-16(12)22-11-5-3-4-10(17)6-11/h5-12H,1-4H3,(H2,27,28,30);3-9H,17H2,1-2H3. The van der Waals surface area contributed by atoms with Gasteiger partial charge in [0.05, 0.1) is 50.2 Å². The molecule has 0 saturated carbocycles. The van der Waals surface area contributed by atoms with E-state index in [0.717, 1.165) is 5.39 Å². The molecular weight excluding hydrogens is 727 g/mol. The zero-order valence-electron chi connectivity index (χ0n) is 31.1. The second-order valence-electron chi connectivity index (χ2n) is 12.2. The van der Waals surface area contributed by atoms with Crippen molar-refractivity contribution in [1.29, 1.82) is 0 Å². The number of carbonyl (C=O) groups excluding carboxylic acids is 1. The van der Waals surface area contributed by atoms with Crippen LogP contribution in [0.3, 0.4) is 0 Å². The van der Waals surface area contributed by atoms with Crippen molar-refractivity contribution in [3.05, 3.63) is 97.2 Å². The fourth-order valence-electron chi connectivity index (χ4n) is 5.21. The largest absolute Gasteiger partial charge is 0.493 e. The predicted molar refractivity (Wildman–Crippen MR) is 206 cm³/mol. The lowest BCUT2D eigenvalue weighted by Crippen LogP contribution is -2.19. The van der Waals surface area contributed by atoms with Gasteiger partial charge in [-0.15, -0.1) is 0 Å². The van der Waals surface area contributed by atoms with Crippen LogP contribution in [0.1, 0.15) is 19.5 Å². The van der Waals surface area contributed by atoms with Gasteiger partial charge < -0.3 is 44.0 Å². The number of benzene rings is 4. The molecule has 4 aromatic carbocycles. The number of rotatable bonds is 11. The molecule has 0 saturated heterocycles. The third-order valence-electron chi connectivity index (χ3n) is 7.94. The molecule has 0 bridgehead atoms. The smallest absolute Gasteiger partial charge is 0.326 e. The molecule has 0 fully saturated rings. The maximum Gasteiger partial charge on any atom is 0.326 e. The molecule has 4 N–H and O–H groups in total. The number of hydrogen-bond acceptors (Lipinski definition) is 14. The third-order valence-corrected chi connectivity index (χ3v) is 7.94. The van der Waals surface area contributed by atoms with Crippen molar-refractivity contribution in [1.82, 2.24) is 25.1 Å². The summed E-state index contributed by atoms with van der Waals surface area (Å²) in [5, 5.41) is 10.1. The van der Waals surface area contributed by atoms with Crippen LogP contribution in [0.4, 0.5) is 26.4 Å². The molecule has 7 aromatic rings. The highest BCUT2D eigenvalue weighted by Gasteiger charge is 2.24. The van der Waals surface area contributed by atoms with Crippen LogP contribution < -0.4 is 44.8 Å². The van der Waals surface area contributed by atoms with Crippen LogP contribution in [0, 0.1) is 0 Å². The number of halogens is 1. The molecule has 3 aromatic heterocycles. The monoisotopic (exact) mass is 764 g/mol. The minimum atomic E-state index is -1.69. The normalized spacial score (nSPS) is 10.9. The topological polar surface area (TPSA) is 200 Å². The third kappa shape index (κ3) is 9.02. The Morgan fingerprint density at radius 3 is 1.70 bits per heavy atom. The quantitative estimate of drug-likeness (QED) is 0.106. The van der Waals surface area contributed by atoms with E-state index in [-0.39, 0.29) is 11.6 Å². The molecule has 7 rings (SSSR count). The average Bonchev–Trinajstić information content (AvgIpc) is 3.67. The van der Waals surface area contributed by atoms with Crippen LogP contribution in [0.25, 0.3) is 21.8 Å². The van der Waals surface area contributed by atoms with Gasteiger partial charge in [-0.2, -0.15) is 0 Å². The van der Waals surface area contributed by atoms with E-state index in [9.17, 15) is 9.18 Å². The van der Waals surface area contributed by atoms with Crippen molar-refractivity contribution in [3.8, 4) is 46.3 Å². The predicted octanol–water partition coefficient (Wildman–Crippen LogP) is 8.30. The van der Waals surface area contributed by atoms with Gasteiger partial charge in [0.2, 0.25) is 17.6 Å². The van der Waals surface area contributed by atoms with Crippen molar-refractivity contribution < 1.29 is 42.1 Å². The molecule has 0 atom stereocenters. The highest BCUT2D eigenvalue weighted by Crippen LogP contribution is 2.37. The lowest BCUT2D eigenvalue weighted by atomic mass is 10.1. The van der Waals surface area contributed by atoms with Gasteiger partial charge in [0.1, 0.15) is 29.8 Å². The second kappa shape index (κ2) is 16.7. The maximum absolute atomic E-state index is 13.9. The van der Waals surface area contributed by atoms with Crippen LogP contribution in [-0.2, 0) is 5.67 Å². The Morgan fingerprint density at radius 2 is 1.20 bits per heavy atom. The van der Waals surface area contributed by atoms with Crippen LogP contribution >= 0.6 is 0 Å². The molecule has 17 heteroatoms. The number of carbonyl (C=O) groups is 1. The Bertz CT molecular complexity index is 2490. The number of methoxy groups -OCH3 is 4. The summed E-state index contributed by atoms with van der Waals surface area (Å²) in [5.74, 6) is 4.00. The van der Waals surface area contributed by atoms with E-state index in [2.05, 4.69) is 35.7 Å². The molecule has 56 heavy (non-hydrogen) atoms. The van der Waals surface area contributed by atoms with Crippen LogP contribution in [-0.4, -0.2) is 59.6 Å². The van der Waals surface area contributed by atoms with Gasteiger partial charge in [0, 0.05) is 41.7 Å². The first-order valence-corrected chi connectivity index (χ1v) is 16.8. The zero-order valence-corrected chi connectivity index (χ0v) is 31.1. The van der Waals surface area contributed by atoms with Gasteiger partial charge in [-0.25, -0.2) is 29.1 Å². The SMILES string of the molecule is COc1cc2ncnc(Oc3cccc(N)c3)c2cc1OC.COc1cc2ncnc(Oc3cccc(NC(=O)Nc4cc(C(C)(C)F)no4)c3)c2cc1OC. The summed E-state index contributed by atoms with van der Waals surface area (Å²) in [6.07, 6.45) is 2.82. The number of alkyl halides is 1. The van der Waals surface area contributed by atoms with Crippen molar-refractivity contribution >= 4 is 45.1 Å². The Balaban J connectivity index is 0.000000208. The van der Waals surface area contributed by atoms with Crippen molar-refractivity contribution in [2.75, 3.05) is 44.8 Å². The molecule has 16 nitrogen and oxygen atoms in total. The highest BCUT2D eigenvalue weighted by molar-refractivity contribution is 5.99. The van der Waals surface area contributed by atoms with E-state index < -0.39 is 11.7 Å². The summed E-state index contributed by atoms with van der Waals surface area (Å²) in [4.78, 5) is 29.2. The highest BCUT2D eigenvalue weighted by atomic mass is 19.1. The first kappa shape index (κ1) is 38.3. The van der Waals surface area contributed by atoms with Gasteiger partial charge in [-0.1, -0.05) is 17.3 Å². The molecule has 288 valence electrons. The van der Waals surface area contributed by atoms with Crippen molar-refractivity contribution in [2.24, 2.45) is 0 Å². The number of nitrogen functional groups attached to an aromatic ring is 1. The number of nitrogens with one attached hydrogen (secondary N) is 2. The second-order valence-corrected chi connectivity index (χ2v) is 12.2. The molecule has 0 radical (unpaired) electrons. The number of nitrogens with zero attached hydrogens (tertiary/aromatic N) is 5. The van der Waals surface area contributed by atoms with Crippen molar-refractivity contribution in [3.63, 3.8) is 0 Å². The minimum absolute atomic E-state index is 0.0162. The Kier molecular flexibility index (Phi) is 11.4. The van der Waals surface area contributed by atoms with Crippen LogP contribution in [0.15, 0.2) is 96.0 Å². The molecular formula is C39H37FN8O8. The zero-order chi connectivity index (χ0) is 39.8. The number of amides is 2. The maximum atomic E-state index is 13.9. The van der Waals surface area contributed by atoms with E-state index in [0.29, 0.717) is 74.1 Å². The fourth-order valence-corrected chi connectivity index (χ4v) is 5.21. The van der Waals surface area contributed by atoms with Gasteiger partial charge >= 0.3 is 6.03 Å². The number of aromatic nitrogens is 5.